The second-order valence-electron chi connectivity index (χ2n) is 5.98. The number of rotatable bonds is 4. The average molecular weight is 329 g/mol. The van der Waals surface area contributed by atoms with E-state index in [4.69, 9.17) is 0 Å². The third-order valence-electron chi connectivity index (χ3n) is 3.98. The molecule has 0 radical (unpaired) electrons. The van der Waals surface area contributed by atoms with E-state index in [2.05, 4.69) is 22.4 Å². The van der Waals surface area contributed by atoms with Gasteiger partial charge in [-0.2, -0.15) is 0 Å². The summed E-state index contributed by atoms with van der Waals surface area (Å²) in [6.07, 6.45) is 0.865. The van der Waals surface area contributed by atoms with E-state index < -0.39 is 0 Å². The number of amides is 2. The van der Waals surface area contributed by atoms with Crippen LogP contribution in [0.2, 0.25) is 0 Å². The number of hydrogen-bond acceptors (Lipinski definition) is 4. The first-order valence-corrected chi connectivity index (χ1v) is 8.34. The smallest absolute Gasteiger partial charge is 0.265 e. The molecule has 1 heterocycles. The molecule has 23 heavy (non-hydrogen) atoms. The fourth-order valence-electron chi connectivity index (χ4n) is 2.60. The molecule has 1 aliphatic rings. The Balaban J connectivity index is 1.66. The molecule has 5 nitrogen and oxygen atoms in total. The van der Waals surface area contributed by atoms with Gasteiger partial charge in [-0.3, -0.25) is 9.59 Å². The van der Waals surface area contributed by atoms with Crippen LogP contribution >= 0.6 is 11.3 Å². The van der Waals surface area contributed by atoms with E-state index in [-0.39, 0.29) is 17.7 Å². The first-order valence-electron chi connectivity index (χ1n) is 7.52. The van der Waals surface area contributed by atoms with Gasteiger partial charge in [0.1, 0.15) is 4.88 Å². The molecule has 0 saturated heterocycles. The van der Waals surface area contributed by atoms with Gasteiger partial charge >= 0.3 is 0 Å². The number of anilines is 1. The molecule has 0 aliphatic heterocycles. The van der Waals surface area contributed by atoms with E-state index in [1.165, 1.54) is 21.8 Å². The van der Waals surface area contributed by atoms with Crippen molar-refractivity contribution in [3.63, 3.8) is 0 Å². The molecule has 1 aliphatic carbocycles. The lowest BCUT2D eigenvalue weighted by Crippen LogP contribution is -2.21. The monoisotopic (exact) mass is 329 g/mol. The van der Waals surface area contributed by atoms with E-state index in [1.54, 1.807) is 21.0 Å². The maximum atomic E-state index is 12.3. The molecule has 1 aromatic heterocycles. The first kappa shape index (κ1) is 15.7. The summed E-state index contributed by atoms with van der Waals surface area (Å²) in [7, 11) is 3.41. The number of aromatic nitrogens is 1. The summed E-state index contributed by atoms with van der Waals surface area (Å²) < 4.78 is 0. The van der Waals surface area contributed by atoms with Crippen molar-refractivity contribution < 1.29 is 9.59 Å². The molecule has 2 amide bonds. The zero-order valence-corrected chi connectivity index (χ0v) is 14.2. The minimum absolute atomic E-state index is 0.00499. The van der Waals surface area contributed by atoms with Gasteiger partial charge in [0.15, 0.2) is 5.13 Å². The molecule has 2 atom stereocenters. The number of benzene rings is 1. The molecular weight excluding hydrogens is 310 g/mol. The van der Waals surface area contributed by atoms with Gasteiger partial charge in [-0.15, -0.1) is 0 Å². The minimum atomic E-state index is -0.0888. The highest BCUT2D eigenvalue weighted by Crippen LogP contribution is 2.48. The molecule has 2 aromatic rings. The van der Waals surface area contributed by atoms with Crippen LogP contribution in [0.4, 0.5) is 5.13 Å². The van der Waals surface area contributed by atoms with E-state index in [1.807, 2.05) is 18.2 Å². The molecule has 1 saturated carbocycles. The molecule has 1 N–H and O–H groups in total. The Morgan fingerprint density at radius 1 is 1.26 bits per heavy atom. The zero-order chi connectivity index (χ0) is 16.6. The van der Waals surface area contributed by atoms with Gasteiger partial charge in [-0.25, -0.2) is 4.98 Å². The molecule has 2 unspecified atom stereocenters. The van der Waals surface area contributed by atoms with Crippen LogP contribution in [-0.4, -0.2) is 35.8 Å². The van der Waals surface area contributed by atoms with Gasteiger partial charge in [0.25, 0.3) is 5.91 Å². The van der Waals surface area contributed by atoms with Crippen LogP contribution < -0.4 is 5.32 Å². The van der Waals surface area contributed by atoms with Gasteiger partial charge in [-0.1, -0.05) is 41.7 Å². The maximum Gasteiger partial charge on any atom is 0.265 e. The number of carbonyl (C=O) groups is 2. The van der Waals surface area contributed by atoms with Crippen molar-refractivity contribution in [2.75, 3.05) is 19.4 Å². The third kappa shape index (κ3) is 3.27. The van der Waals surface area contributed by atoms with Crippen LogP contribution in [-0.2, 0) is 4.79 Å². The first-order chi connectivity index (χ1) is 11.0. The molecule has 0 bridgehead atoms. The predicted octanol–water partition coefficient (Wildman–Crippen LogP) is 2.90. The summed E-state index contributed by atoms with van der Waals surface area (Å²) in [6.45, 7) is 1.78. The number of thiazole rings is 1. The number of carbonyl (C=O) groups excluding carboxylic acids is 2. The van der Waals surface area contributed by atoms with Crippen molar-refractivity contribution in [2.24, 2.45) is 5.92 Å². The van der Waals surface area contributed by atoms with Gasteiger partial charge in [0.2, 0.25) is 5.91 Å². The van der Waals surface area contributed by atoms with Crippen LogP contribution in [0.3, 0.4) is 0 Å². The molecule has 1 fully saturated rings. The van der Waals surface area contributed by atoms with Crippen molar-refractivity contribution in [3.05, 3.63) is 46.5 Å². The highest BCUT2D eigenvalue weighted by atomic mass is 32.1. The number of nitrogens with zero attached hydrogens (tertiary/aromatic N) is 2. The normalized spacial score (nSPS) is 19.3. The summed E-state index contributed by atoms with van der Waals surface area (Å²) in [5.74, 6) is 0.181. The molecule has 0 spiro atoms. The number of aryl methyl sites for hydroxylation is 1. The van der Waals surface area contributed by atoms with Crippen LogP contribution in [0, 0.1) is 12.8 Å². The molecule has 1 aromatic carbocycles. The third-order valence-corrected chi connectivity index (χ3v) is 5.04. The van der Waals surface area contributed by atoms with Crippen molar-refractivity contribution in [3.8, 4) is 0 Å². The Hall–Kier alpha value is -2.21. The van der Waals surface area contributed by atoms with Gasteiger partial charge in [-0.05, 0) is 24.8 Å². The highest BCUT2D eigenvalue weighted by molar-refractivity contribution is 7.17. The van der Waals surface area contributed by atoms with E-state index in [0.29, 0.717) is 21.6 Å². The van der Waals surface area contributed by atoms with Crippen LogP contribution in [0.25, 0.3) is 0 Å². The van der Waals surface area contributed by atoms with Crippen molar-refractivity contribution in [1.82, 2.24) is 9.88 Å². The number of nitrogens with one attached hydrogen (secondary N) is 1. The van der Waals surface area contributed by atoms with Gasteiger partial charge in [0.05, 0.1) is 5.69 Å². The summed E-state index contributed by atoms with van der Waals surface area (Å²) in [6, 6.07) is 10.1. The highest BCUT2D eigenvalue weighted by Gasteiger charge is 2.44. The lowest BCUT2D eigenvalue weighted by atomic mass is 10.1. The second-order valence-corrected chi connectivity index (χ2v) is 6.98. The van der Waals surface area contributed by atoms with Crippen molar-refractivity contribution in [1.29, 1.82) is 0 Å². The Kier molecular flexibility index (Phi) is 4.17. The van der Waals surface area contributed by atoms with Crippen molar-refractivity contribution in [2.45, 2.75) is 19.3 Å². The standard InChI is InChI=1S/C17H19N3O2S/c1-10-14(16(22)20(2)3)23-17(18-10)19-15(21)13-9-12(13)11-7-5-4-6-8-11/h4-8,12-13H,9H2,1-3H3,(H,18,19,21). The van der Waals surface area contributed by atoms with Gasteiger partial charge < -0.3 is 10.2 Å². The zero-order valence-electron chi connectivity index (χ0n) is 13.4. The Bertz CT molecular complexity index is 740. The van der Waals surface area contributed by atoms with Crippen LogP contribution in [0.1, 0.15) is 33.3 Å². The Morgan fingerprint density at radius 3 is 2.61 bits per heavy atom. The largest absolute Gasteiger partial charge is 0.344 e. The van der Waals surface area contributed by atoms with Gasteiger partial charge in [0, 0.05) is 20.0 Å². The lowest BCUT2D eigenvalue weighted by molar-refractivity contribution is -0.117. The van der Waals surface area contributed by atoms with E-state index >= 15 is 0 Å². The topological polar surface area (TPSA) is 62.3 Å². The van der Waals surface area contributed by atoms with Crippen LogP contribution in [0.15, 0.2) is 30.3 Å². The number of hydrogen-bond donors (Lipinski definition) is 1. The molecule has 3 rings (SSSR count). The maximum absolute atomic E-state index is 12.3. The van der Waals surface area contributed by atoms with Crippen LogP contribution in [0.5, 0.6) is 0 Å². The molecule has 120 valence electrons. The predicted molar refractivity (Wildman–Crippen MR) is 90.8 cm³/mol. The Labute approximate surface area is 139 Å². The van der Waals surface area contributed by atoms with E-state index in [9.17, 15) is 9.59 Å². The lowest BCUT2D eigenvalue weighted by Gasteiger charge is -2.07. The molecule has 6 heteroatoms. The quantitative estimate of drug-likeness (QED) is 0.938. The fraction of sp³-hybridized carbons (Fsp3) is 0.353. The minimum Gasteiger partial charge on any atom is -0.344 e. The summed E-state index contributed by atoms with van der Waals surface area (Å²) >= 11 is 1.23. The Morgan fingerprint density at radius 2 is 1.96 bits per heavy atom. The summed E-state index contributed by atoms with van der Waals surface area (Å²) in [5.41, 5.74) is 1.85. The SMILES string of the molecule is Cc1nc(NC(=O)C2CC2c2ccccc2)sc1C(=O)N(C)C. The summed E-state index contributed by atoms with van der Waals surface area (Å²) in [4.78, 5) is 30.8. The van der Waals surface area contributed by atoms with Crippen molar-refractivity contribution >= 4 is 28.3 Å². The fourth-order valence-corrected chi connectivity index (χ4v) is 3.59. The average Bonchev–Trinajstić information content (AvgIpc) is 3.26. The summed E-state index contributed by atoms with van der Waals surface area (Å²) in [5, 5.41) is 3.35. The second kappa shape index (κ2) is 6.12. The van der Waals surface area contributed by atoms with E-state index in [0.717, 1.165) is 6.42 Å². The molecular formula is C17H19N3O2S.